The van der Waals surface area contributed by atoms with Gasteiger partial charge in [-0.05, 0) is 29.4 Å². The van der Waals surface area contributed by atoms with Crippen molar-refractivity contribution in [1.29, 1.82) is 0 Å². The molecule has 1 aromatic heterocycles. The molecular formula is C15H19NO. The zero-order valence-corrected chi connectivity index (χ0v) is 10.4. The molecule has 0 aliphatic heterocycles. The molecule has 90 valence electrons. The van der Waals surface area contributed by atoms with E-state index in [1.807, 2.05) is 24.4 Å². The van der Waals surface area contributed by atoms with Crippen LogP contribution in [0.2, 0.25) is 0 Å². The largest absolute Gasteiger partial charge is 0.388 e. The van der Waals surface area contributed by atoms with Crippen molar-refractivity contribution in [3.05, 3.63) is 42.2 Å². The van der Waals surface area contributed by atoms with Gasteiger partial charge in [-0.1, -0.05) is 38.5 Å². The summed E-state index contributed by atoms with van der Waals surface area (Å²) in [5, 5.41) is 12.5. The summed E-state index contributed by atoms with van der Waals surface area (Å²) < 4.78 is 0. The molecule has 1 heterocycles. The molecule has 0 saturated heterocycles. The number of nitrogens with zero attached hydrogens (tertiary/aromatic N) is 1. The summed E-state index contributed by atoms with van der Waals surface area (Å²) in [6.45, 7) is 4.33. The molecular weight excluding hydrogens is 210 g/mol. The van der Waals surface area contributed by atoms with Crippen LogP contribution in [-0.4, -0.2) is 10.1 Å². The number of fused-ring (bicyclic) bond motifs is 1. The van der Waals surface area contributed by atoms with E-state index >= 15 is 0 Å². The van der Waals surface area contributed by atoms with Gasteiger partial charge in [-0.25, -0.2) is 0 Å². The van der Waals surface area contributed by atoms with Crippen molar-refractivity contribution in [1.82, 2.24) is 4.98 Å². The second-order valence-electron chi connectivity index (χ2n) is 4.71. The molecule has 0 amide bonds. The van der Waals surface area contributed by atoms with E-state index in [0.717, 1.165) is 29.2 Å². The lowest BCUT2D eigenvalue weighted by Gasteiger charge is -2.17. The van der Waals surface area contributed by atoms with Crippen LogP contribution in [0.15, 0.2) is 36.7 Å². The number of rotatable bonds is 4. The van der Waals surface area contributed by atoms with Crippen LogP contribution in [0.5, 0.6) is 0 Å². The summed E-state index contributed by atoms with van der Waals surface area (Å²) in [6.07, 6.45) is 5.14. The minimum atomic E-state index is -0.391. The van der Waals surface area contributed by atoms with Gasteiger partial charge < -0.3 is 5.11 Å². The molecule has 0 spiro atoms. The molecule has 2 heteroatoms. The lowest BCUT2D eigenvalue weighted by molar-refractivity contribution is 0.148. The molecule has 17 heavy (non-hydrogen) atoms. The number of aliphatic hydroxyl groups excluding tert-OH is 1. The van der Waals surface area contributed by atoms with Gasteiger partial charge in [0.25, 0.3) is 0 Å². The Morgan fingerprint density at radius 2 is 2.12 bits per heavy atom. The highest BCUT2D eigenvalue weighted by atomic mass is 16.3. The third-order valence-electron chi connectivity index (χ3n) is 3.40. The van der Waals surface area contributed by atoms with Gasteiger partial charge in [0, 0.05) is 17.8 Å². The molecule has 1 N–H and O–H groups in total. The lowest BCUT2D eigenvalue weighted by atomic mass is 9.94. The molecule has 2 nitrogen and oxygen atoms in total. The van der Waals surface area contributed by atoms with Gasteiger partial charge in [-0.3, -0.25) is 4.98 Å². The second kappa shape index (κ2) is 5.28. The number of aromatic nitrogens is 1. The third-order valence-corrected chi connectivity index (χ3v) is 3.40. The first kappa shape index (κ1) is 12.1. The predicted octanol–water partition coefficient (Wildman–Crippen LogP) is 3.70. The summed E-state index contributed by atoms with van der Waals surface area (Å²) >= 11 is 0. The Labute approximate surface area is 102 Å². The summed E-state index contributed by atoms with van der Waals surface area (Å²) in [5.74, 6) is 0.539. The lowest BCUT2D eigenvalue weighted by Crippen LogP contribution is -2.04. The minimum Gasteiger partial charge on any atom is -0.388 e. The maximum Gasteiger partial charge on any atom is 0.0799 e. The Balaban J connectivity index is 2.34. The van der Waals surface area contributed by atoms with E-state index in [-0.39, 0.29) is 0 Å². The predicted molar refractivity (Wildman–Crippen MR) is 70.8 cm³/mol. The second-order valence-corrected chi connectivity index (χ2v) is 4.71. The topological polar surface area (TPSA) is 33.1 Å². The van der Waals surface area contributed by atoms with Crippen molar-refractivity contribution >= 4 is 10.8 Å². The molecule has 0 saturated carbocycles. The Hall–Kier alpha value is -1.41. The normalized spacial score (nSPS) is 14.8. The fraction of sp³-hybridized carbons (Fsp3) is 0.400. The van der Waals surface area contributed by atoms with Crippen LogP contribution in [0.4, 0.5) is 0 Å². The summed E-state index contributed by atoms with van der Waals surface area (Å²) in [5.41, 5.74) is 0.996. The van der Waals surface area contributed by atoms with Crippen molar-refractivity contribution in [2.75, 3.05) is 0 Å². The zero-order valence-electron chi connectivity index (χ0n) is 10.4. The maximum absolute atomic E-state index is 10.3. The van der Waals surface area contributed by atoms with E-state index in [9.17, 15) is 5.11 Å². The van der Waals surface area contributed by atoms with Crippen molar-refractivity contribution in [3.63, 3.8) is 0 Å². The first-order valence-electron chi connectivity index (χ1n) is 6.23. The summed E-state index contributed by atoms with van der Waals surface area (Å²) in [6, 6.07) is 8.03. The number of hydrogen-bond acceptors (Lipinski definition) is 2. The molecule has 0 bridgehead atoms. The molecule has 1 aromatic carbocycles. The van der Waals surface area contributed by atoms with Crippen LogP contribution in [0.3, 0.4) is 0 Å². The number of benzene rings is 1. The van der Waals surface area contributed by atoms with Gasteiger partial charge in [0.2, 0.25) is 0 Å². The monoisotopic (exact) mass is 229 g/mol. The number of pyridine rings is 1. The highest BCUT2D eigenvalue weighted by Gasteiger charge is 2.13. The van der Waals surface area contributed by atoms with Crippen molar-refractivity contribution < 1.29 is 5.11 Å². The SMILES string of the molecule is CCC(C)CC(O)c1cccc2ccncc12. The standard InChI is InChI=1S/C15H19NO/c1-3-11(2)9-15(17)13-6-4-5-12-7-8-16-10-14(12)13/h4-8,10-11,15,17H,3,9H2,1-2H3. The molecule has 0 aliphatic rings. The van der Waals surface area contributed by atoms with Crippen LogP contribution in [0.1, 0.15) is 38.4 Å². The van der Waals surface area contributed by atoms with E-state index in [0.29, 0.717) is 5.92 Å². The minimum absolute atomic E-state index is 0.391. The highest BCUT2D eigenvalue weighted by molar-refractivity contribution is 5.85. The maximum atomic E-state index is 10.3. The first-order chi connectivity index (χ1) is 8.22. The van der Waals surface area contributed by atoms with Crippen molar-refractivity contribution in [3.8, 4) is 0 Å². The molecule has 2 atom stereocenters. The van der Waals surface area contributed by atoms with Gasteiger partial charge in [0.05, 0.1) is 6.10 Å². The van der Waals surface area contributed by atoms with Gasteiger partial charge in [-0.15, -0.1) is 0 Å². The van der Waals surface area contributed by atoms with Gasteiger partial charge in [0.15, 0.2) is 0 Å². The van der Waals surface area contributed by atoms with E-state index in [1.165, 1.54) is 0 Å². The molecule has 0 aliphatic carbocycles. The Kier molecular flexibility index (Phi) is 3.75. The average Bonchev–Trinajstić information content (AvgIpc) is 2.37. The fourth-order valence-corrected chi connectivity index (χ4v) is 2.10. The van der Waals surface area contributed by atoms with E-state index in [1.54, 1.807) is 6.20 Å². The molecule has 2 unspecified atom stereocenters. The zero-order chi connectivity index (χ0) is 12.3. The van der Waals surface area contributed by atoms with E-state index in [2.05, 4.69) is 24.9 Å². The summed E-state index contributed by atoms with van der Waals surface area (Å²) in [4.78, 5) is 4.14. The Morgan fingerprint density at radius 1 is 1.29 bits per heavy atom. The van der Waals surface area contributed by atoms with Gasteiger partial charge >= 0.3 is 0 Å². The Morgan fingerprint density at radius 3 is 2.88 bits per heavy atom. The number of hydrogen-bond donors (Lipinski definition) is 1. The average molecular weight is 229 g/mol. The molecule has 0 radical (unpaired) electrons. The van der Waals surface area contributed by atoms with Gasteiger partial charge in [0.1, 0.15) is 0 Å². The van der Waals surface area contributed by atoms with Crippen LogP contribution >= 0.6 is 0 Å². The van der Waals surface area contributed by atoms with Crippen LogP contribution in [-0.2, 0) is 0 Å². The van der Waals surface area contributed by atoms with Crippen molar-refractivity contribution in [2.24, 2.45) is 5.92 Å². The van der Waals surface area contributed by atoms with Crippen molar-refractivity contribution in [2.45, 2.75) is 32.8 Å². The first-order valence-corrected chi connectivity index (χ1v) is 6.23. The highest BCUT2D eigenvalue weighted by Crippen LogP contribution is 2.28. The third kappa shape index (κ3) is 2.64. The smallest absolute Gasteiger partial charge is 0.0799 e. The molecule has 2 aromatic rings. The summed E-state index contributed by atoms with van der Waals surface area (Å²) in [7, 11) is 0. The van der Waals surface area contributed by atoms with Crippen LogP contribution < -0.4 is 0 Å². The van der Waals surface area contributed by atoms with E-state index < -0.39 is 6.10 Å². The Bertz CT molecular complexity index is 490. The quantitative estimate of drug-likeness (QED) is 0.867. The fourth-order valence-electron chi connectivity index (χ4n) is 2.10. The number of aliphatic hydroxyl groups is 1. The molecule has 2 rings (SSSR count). The van der Waals surface area contributed by atoms with E-state index in [4.69, 9.17) is 0 Å². The van der Waals surface area contributed by atoms with Crippen LogP contribution in [0.25, 0.3) is 10.8 Å². The van der Waals surface area contributed by atoms with Gasteiger partial charge in [-0.2, -0.15) is 0 Å². The molecule has 0 fully saturated rings. The van der Waals surface area contributed by atoms with Crippen LogP contribution in [0, 0.1) is 5.92 Å².